The van der Waals surface area contributed by atoms with E-state index >= 15 is 0 Å². The van der Waals surface area contributed by atoms with E-state index in [0.29, 0.717) is 19.5 Å². The van der Waals surface area contributed by atoms with Gasteiger partial charge in [0.25, 0.3) is 5.91 Å². The van der Waals surface area contributed by atoms with Crippen molar-refractivity contribution in [3.63, 3.8) is 0 Å². The van der Waals surface area contributed by atoms with E-state index in [9.17, 15) is 14.4 Å². The molecule has 2 aliphatic rings. The zero-order valence-corrected chi connectivity index (χ0v) is 14.7. The third-order valence-corrected chi connectivity index (χ3v) is 5.11. The van der Waals surface area contributed by atoms with Crippen molar-refractivity contribution in [3.05, 3.63) is 47.5 Å². The summed E-state index contributed by atoms with van der Waals surface area (Å²) >= 11 is 0. The number of benzene rings is 1. The molecule has 3 rings (SSSR count). The minimum atomic E-state index is -1.08. The molecule has 2 heterocycles. The summed E-state index contributed by atoms with van der Waals surface area (Å²) < 4.78 is 4.78. The molecule has 0 fully saturated rings. The molecule has 2 aliphatic heterocycles. The Morgan fingerprint density at radius 1 is 1.24 bits per heavy atom. The molecule has 132 valence electrons. The molecule has 2 atom stereocenters. The fourth-order valence-corrected chi connectivity index (χ4v) is 3.71. The zero-order chi connectivity index (χ0) is 18.2. The Bertz CT molecular complexity index is 758. The van der Waals surface area contributed by atoms with Crippen LogP contribution >= 0.6 is 0 Å². The topological polar surface area (TPSA) is 66.9 Å². The molecular weight excluding hydrogens is 320 g/mol. The summed E-state index contributed by atoms with van der Waals surface area (Å²) in [6.07, 6.45) is 4.07. The normalized spacial score (nSPS) is 23.4. The van der Waals surface area contributed by atoms with E-state index in [1.165, 1.54) is 18.9 Å². The number of amides is 2. The summed E-state index contributed by atoms with van der Waals surface area (Å²) in [4.78, 5) is 40.7. The molecule has 25 heavy (non-hydrogen) atoms. The molecule has 0 aliphatic carbocycles. The van der Waals surface area contributed by atoms with E-state index in [-0.39, 0.29) is 11.8 Å². The molecule has 6 heteroatoms. The number of rotatable bonds is 2. The molecule has 1 aromatic carbocycles. The van der Waals surface area contributed by atoms with E-state index in [2.05, 4.69) is 0 Å². The predicted molar refractivity (Wildman–Crippen MR) is 91.4 cm³/mol. The molecule has 0 saturated heterocycles. The number of nitrogens with zero attached hydrogens (tertiary/aromatic N) is 2. The number of carbonyl (C=O) groups excluding carboxylic acids is 3. The molecule has 0 N–H and O–H groups in total. The first-order valence-corrected chi connectivity index (χ1v) is 8.32. The predicted octanol–water partition coefficient (Wildman–Crippen LogP) is 1.29. The smallest absolute Gasteiger partial charge is 0.328 e. The lowest BCUT2D eigenvalue weighted by Gasteiger charge is -2.48. The number of carbonyl (C=O) groups is 3. The van der Waals surface area contributed by atoms with Gasteiger partial charge in [-0.25, -0.2) is 4.79 Å². The van der Waals surface area contributed by atoms with Crippen LogP contribution in [0.4, 0.5) is 0 Å². The highest BCUT2D eigenvalue weighted by Gasteiger charge is 2.51. The van der Waals surface area contributed by atoms with Crippen molar-refractivity contribution < 1.29 is 19.1 Å². The fourth-order valence-electron chi connectivity index (χ4n) is 3.71. The molecule has 0 unspecified atom stereocenters. The summed E-state index contributed by atoms with van der Waals surface area (Å²) in [5, 5.41) is 0. The summed E-state index contributed by atoms with van der Waals surface area (Å²) in [6, 6.07) is 7.12. The maximum Gasteiger partial charge on any atom is 0.328 e. The standard InChI is InChI=1S/C19H22N2O4/c1-13(17(23)25-3)20-10-6-9-19(18(20)24)11-15-7-4-5-8-16(15)12-21(19)14(2)22/h4-9,13H,10-12H2,1-3H3/t13-,19+/m0/s1. The maximum atomic E-state index is 13.4. The van der Waals surface area contributed by atoms with Crippen LogP contribution in [0.2, 0.25) is 0 Å². The third-order valence-electron chi connectivity index (χ3n) is 5.11. The van der Waals surface area contributed by atoms with Gasteiger partial charge in [0, 0.05) is 26.4 Å². The number of esters is 1. The highest BCUT2D eigenvalue weighted by atomic mass is 16.5. The molecule has 0 radical (unpaired) electrons. The van der Waals surface area contributed by atoms with Crippen molar-refractivity contribution >= 4 is 17.8 Å². The SMILES string of the molecule is COC(=O)[C@H](C)N1CC=C[C@@]2(Cc3ccccc3CN2C(C)=O)C1=O. The van der Waals surface area contributed by atoms with Gasteiger partial charge in [-0.1, -0.05) is 36.4 Å². The van der Waals surface area contributed by atoms with Gasteiger partial charge in [0.05, 0.1) is 7.11 Å². The van der Waals surface area contributed by atoms with Crippen LogP contribution in [0, 0.1) is 0 Å². The monoisotopic (exact) mass is 342 g/mol. The number of hydrogen-bond donors (Lipinski definition) is 0. The van der Waals surface area contributed by atoms with Crippen LogP contribution in [0.3, 0.4) is 0 Å². The first-order valence-electron chi connectivity index (χ1n) is 8.32. The van der Waals surface area contributed by atoms with Crippen LogP contribution in [-0.4, -0.2) is 52.8 Å². The Morgan fingerprint density at radius 2 is 1.92 bits per heavy atom. The van der Waals surface area contributed by atoms with Crippen LogP contribution in [0.1, 0.15) is 25.0 Å². The van der Waals surface area contributed by atoms with Crippen molar-refractivity contribution in [2.45, 2.75) is 38.4 Å². The van der Waals surface area contributed by atoms with Crippen molar-refractivity contribution in [2.75, 3.05) is 13.7 Å². The van der Waals surface area contributed by atoms with E-state index in [0.717, 1.165) is 11.1 Å². The second-order valence-electron chi connectivity index (χ2n) is 6.53. The van der Waals surface area contributed by atoms with Gasteiger partial charge < -0.3 is 14.5 Å². The van der Waals surface area contributed by atoms with Crippen LogP contribution in [0.15, 0.2) is 36.4 Å². The van der Waals surface area contributed by atoms with E-state index in [4.69, 9.17) is 4.74 Å². The zero-order valence-electron chi connectivity index (χ0n) is 14.7. The summed E-state index contributed by atoms with van der Waals surface area (Å²) in [5.41, 5.74) is 1.01. The van der Waals surface area contributed by atoms with E-state index in [1.54, 1.807) is 11.8 Å². The van der Waals surface area contributed by atoms with Gasteiger partial charge in [0.1, 0.15) is 11.6 Å². The lowest BCUT2D eigenvalue weighted by atomic mass is 9.79. The second kappa shape index (κ2) is 6.35. The fraction of sp³-hybridized carbons (Fsp3) is 0.421. The minimum absolute atomic E-state index is 0.167. The average Bonchev–Trinajstić information content (AvgIpc) is 2.62. The molecule has 1 aromatic rings. The van der Waals surface area contributed by atoms with Gasteiger partial charge in [-0.05, 0) is 18.1 Å². The quantitative estimate of drug-likeness (QED) is 0.600. The van der Waals surface area contributed by atoms with Crippen molar-refractivity contribution in [3.8, 4) is 0 Å². The van der Waals surface area contributed by atoms with E-state index < -0.39 is 17.6 Å². The van der Waals surface area contributed by atoms with Gasteiger partial charge in [-0.15, -0.1) is 0 Å². The first-order chi connectivity index (χ1) is 11.9. The Hall–Kier alpha value is -2.63. The third kappa shape index (κ3) is 2.71. The average molecular weight is 342 g/mol. The molecule has 1 spiro atoms. The second-order valence-corrected chi connectivity index (χ2v) is 6.53. The molecular formula is C19H22N2O4. The lowest BCUT2D eigenvalue weighted by Crippen LogP contribution is -2.66. The summed E-state index contributed by atoms with van der Waals surface area (Å²) in [7, 11) is 1.30. The first kappa shape index (κ1) is 17.2. The number of fused-ring (bicyclic) bond motifs is 1. The molecule has 6 nitrogen and oxygen atoms in total. The highest BCUT2D eigenvalue weighted by Crippen LogP contribution is 2.36. The summed E-state index contributed by atoms with van der Waals surface area (Å²) in [5.74, 6) is -0.873. The maximum absolute atomic E-state index is 13.4. The van der Waals surface area contributed by atoms with E-state index in [1.807, 2.05) is 36.4 Å². The van der Waals surface area contributed by atoms with Crippen LogP contribution in [0.25, 0.3) is 0 Å². The van der Waals surface area contributed by atoms with Gasteiger partial charge >= 0.3 is 5.97 Å². The molecule has 0 bridgehead atoms. The number of hydrogen-bond acceptors (Lipinski definition) is 4. The van der Waals surface area contributed by atoms with Gasteiger partial charge in [0.2, 0.25) is 5.91 Å². The minimum Gasteiger partial charge on any atom is -0.467 e. The van der Waals surface area contributed by atoms with Crippen LogP contribution < -0.4 is 0 Å². The van der Waals surface area contributed by atoms with Crippen molar-refractivity contribution in [2.24, 2.45) is 0 Å². The van der Waals surface area contributed by atoms with Crippen LogP contribution in [0.5, 0.6) is 0 Å². The number of ether oxygens (including phenoxy) is 1. The molecule has 0 saturated carbocycles. The Morgan fingerprint density at radius 3 is 2.56 bits per heavy atom. The van der Waals surface area contributed by atoms with Crippen molar-refractivity contribution in [1.82, 2.24) is 9.80 Å². The Balaban J connectivity index is 2.04. The Kier molecular flexibility index (Phi) is 4.37. The Labute approximate surface area is 147 Å². The molecule has 2 amide bonds. The van der Waals surface area contributed by atoms with Crippen LogP contribution in [-0.2, 0) is 32.1 Å². The lowest BCUT2D eigenvalue weighted by molar-refractivity contribution is -0.160. The number of methoxy groups -OCH3 is 1. The highest BCUT2D eigenvalue weighted by molar-refractivity contribution is 5.97. The molecule has 0 aromatic heterocycles. The van der Waals surface area contributed by atoms with Gasteiger partial charge in [-0.2, -0.15) is 0 Å². The summed E-state index contributed by atoms with van der Waals surface area (Å²) in [6.45, 7) is 3.82. The van der Waals surface area contributed by atoms with Gasteiger partial charge in [-0.3, -0.25) is 9.59 Å². The van der Waals surface area contributed by atoms with Crippen molar-refractivity contribution in [1.29, 1.82) is 0 Å². The largest absolute Gasteiger partial charge is 0.467 e. The van der Waals surface area contributed by atoms with Gasteiger partial charge in [0.15, 0.2) is 0 Å².